The van der Waals surface area contributed by atoms with Crippen molar-refractivity contribution in [3.8, 4) is 0 Å². The predicted molar refractivity (Wildman–Crippen MR) is 90.4 cm³/mol. The zero-order valence-electron chi connectivity index (χ0n) is 15.3. The van der Waals surface area contributed by atoms with Gasteiger partial charge >= 0.3 is 17.9 Å². The van der Waals surface area contributed by atoms with Crippen molar-refractivity contribution in [3.63, 3.8) is 0 Å². The van der Waals surface area contributed by atoms with Crippen LogP contribution in [0.5, 0.6) is 0 Å². The van der Waals surface area contributed by atoms with Gasteiger partial charge in [0.2, 0.25) is 0 Å². The zero-order valence-corrected chi connectivity index (χ0v) is 15.3. The molecule has 0 aromatic rings. The van der Waals surface area contributed by atoms with E-state index in [1.54, 1.807) is 6.92 Å². The number of hydrogen-bond donors (Lipinski definition) is 0. The Kier molecular flexibility index (Phi) is 14.0. The predicted octanol–water partition coefficient (Wildman–Crippen LogP) is 3.56. The zero-order chi connectivity index (χ0) is 18.2. The quantitative estimate of drug-likeness (QED) is 0.272. The van der Waals surface area contributed by atoms with Crippen molar-refractivity contribution in [2.24, 2.45) is 0 Å². The summed E-state index contributed by atoms with van der Waals surface area (Å²) < 4.78 is 14.9. The van der Waals surface area contributed by atoms with Crippen molar-refractivity contribution in [3.05, 3.63) is 0 Å². The maximum absolute atomic E-state index is 11.6. The number of unbranched alkanes of at least 4 members (excludes halogenated alkanes) is 5. The minimum absolute atomic E-state index is 0.134. The Morgan fingerprint density at radius 3 is 1.83 bits per heavy atom. The van der Waals surface area contributed by atoms with Crippen LogP contribution in [0.15, 0.2) is 0 Å². The largest absolute Gasteiger partial charge is 0.469 e. The average molecular weight is 344 g/mol. The van der Waals surface area contributed by atoms with Crippen LogP contribution in [0.1, 0.15) is 78.1 Å². The summed E-state index contributed by atoms with van der Waals surface area (Å²) in [6.45, 7) is 3.76. The lowest BCUT2D eigenvalue weighted by molar-refractivity contribution is -0.159. The molecule has 0 aliphatic heterocycles. The minimum atomic E-state index is -0.351. The molecule has 0 N–H and O–H groups in total. The Labute approximate surface area is 145 Å². The van der Waals surface area contributed by atoms with Crippen molar-refractivity contribution in [1.29, 1.82) is 0 Å². The number of hydrogen-bond acceptors (Lipinski definition) is 6. The SMILES string of the molecule is CCC(=O)OC(CC)COC(=O)CCCCCCCCC(=O)OC. The molecule has 0 heterocycles. The lowest BCUT2D eigenvalue weighted by atomic mass is 10.1. The summed E-state index contributed by atoms with van der Waals surface area (Å²) in [5, 5.41) is 0. The smallest absolute Gasteiger partial charge is 0.305 e. The van der Waals surface area contributed by atoms with Gasteiger partial charge in [-0.25, -0.2) is 0 Å². The van der Waals surface area contributed by atoms with Crippen LogP contribution >= 0.6 is 0 Å². The topological polar surface area (TPSA) is 78.9 Å². The number of carbonyl (C=O) groups is 3. The number of carbonyl (C=O) groups excluding carboxylic acids is 3. The second-order valence-electron chi connectivity index (χ2n) is 5.75. The molecule has 24 heavy (non-hydrogen) atoms. The second-order valence-corrected chi connectivity index (χ2v) is 5.75. The summed E-state index contributed by atoms with van der Waals surface area (Å²) in [7, 11) is 1.40. The molecule has 0 amide bonds. The van der Waals surface area contributed by atoms with E-state index in [1.807, 2.05) is 6.92 Å². The van der Waals surface area contributed by atoms with Gasteiger partial charge in [-0.15, -0.1) is 0 Å². The molecule has 0 aromatic carbocycles. The van der Waals surface area contributed by atoms with E-state index in [1.165, 1.54) is 7.11 Å². The van der Waals surface area contributed by atoms with Gasteiger partial charge in [0, 0.05) is 19.3 Å². The van der Waals surface area contributed by atoms with E-state index in [4.69, 9.17) is 9.47 Å². The van der Waals surface area contributed by atoms with Gasteiger partial charge in [0.05, 0.1) is 7.11 Å². The van der Waals surface area contributed by atoms with Crippen molar-refractivity contribution >= 4 is 17.9 Å². The maximum atomic E-state index is 11.6. The second kappa shape index (κ2) is 15.0. The van der Waals surface area contributed by atoms with Gasteiger partial charge in [-0.1, -0.05) is 39.5 Å². The van der Waals surface area contributed by atoms with E-state index in [2.05, 4.69) is 4.74 Å². The summed E-state index contributed by atoms with van der Waals surface area (Å²) in [6, 6.07) is 0. The molecule has 6 heteroatoms. The monoisotopic (exact) mass is 344 g/mol. The van der Waals surface area contributed by atoms with E-state index in [9.17, 15) is 14.4 Å². The first-order valence-corrected chi connectivity index (χ1v) is 8.95. The Morgan fingerprint density at radius 2 is 1.33 bits per heavy atom. The average Bonchev–Trinajstić information content (AvgIpc) is 2.59. The highest BCUT2D eigenvalue weighted by Crippen LogP contribution is 2.10. The molecule has 0 aromatic heterocycles. The molecule has 0 aliphatic carbocycles. The number of methoxy groups -OCH3 is 1. The van der Waals surface area contributed by atoms with Crippen LogP contribution in [0.3, 0.4) is 0 Å². The third-order valence-corrected chi connectivity index (χ3v) is 3.71. The van der Waals surface area contributed by atoms with Gasteiger partial charge < -0.3 is 14.2 Å². The van der Waals surface area contributed by atoms with Gasteiger partial charge in [-0.2, -0.15) is 0 Å². The Bertz CT molecular complexity index is 367. The first kappa shape index (κ1) is 22.4. The lowest BCUT2D eigenvalue weighted by Crippen LogP contribution is -2.24. The van der Waals surface area contributed by atoms with Crippen molar-refractivity contribution in [1.82, 2.24) is 0 Å². The summed E-state index contributed by atoms with van der Waals surface area (Å²) in [6.07, 6.45) is 7.17. The fourth-order valence-corrected chi connectivity index (χ4v) is 2.11. The third kappa shape index (κ3) is 12.9. The van der Waals surface area contributed by atoms with Gasteiger partial charge in [-0.05, 0) is 19.3 Å². The molecule has 0 saturated carbocycles. The van der Waals surface area contributed by atoms with Crippen LogP contribution in [0, 0.1) is 0 Å². The van der Waals surface area contributed by atoms with Crippen LogP contribution in [-0.2, 0) is 28.6 Å². The lowest BCUT2D eigenvalue weighted by Gasteiger charge is -2.15. The molecule has 0 bridgehead atoms. The molecule has 0 rings (SSSR count). The van der Waals surface area contributed by atoms with Crippen LogP contribution in [0.25, 0.3) is 0 Å². The van der Waals surface area contributed by atoms with Gasteiger partial charge in [0.25, 0.3) is 0 Å². The number of esters is 3. The third-order valence-electron chi connectivity index (χ3n) is 3.71. The molecule has 0 radical (unpaired) electrons. The molecule has 6 nitrogen and oxygen atoms in total. The van der Waals surface area contributed by atoms with Crippen LogP contribution in [-0.4, -0.2) is 37.7 Å². The highest BCUT2D eigenvalue weighted by atomic mass is 16.6. The maximum Gasteiger partial charge on any atom is 0.305 e. The Balaban J connectivity index is 3.55. The standard InChI is InChI=1S/C18H32O6/c1-4-15(24-16(19)5-2)14-23-18(21)13-11-9-7-6-8-10-12-17(20)22-3/h15H,4-14H2,1-3H3. The molecule has 140 valence electrons. The summed E-state index contributed by atoms with van der Waals surface area (Å²) in [5.41, 5.74) is 0. The van der Waals surface area contributed by atoms with E-state index >= 15 is 0 Å². The van der Waals surface area contributed by atoms with Gasteiger partial charge in [0.15, 0.2) is 0 Å². The van der Waals surface area contributed by atoms with E-state index in [-0.39, 0.29) is 30.6 Å². The van der Waals surface area contributed by atoms with Gasteiger partial charge in [-0.3, -0.25) is 14.4 Å². The van der Waals surface area contributed by atoms with Crippen molar-refractivity contribution in [2.75, 3.05) is 13.7 Å². The first-order valence-electron chi connectivity index (χ1n) is 8.95. The highest BCUT2D eigenvalue weighted by molar-refractivity contribution is 5.70. The fraction of sp³-hybridized carbons (Fsp3) is 0.833. The summed E-state index contributed by atoms with van der Waals surface area (Å²) >= 11 is 0. The first-order chi connectivity index (χ1) is 11.5. The molecule has 0 saturated heterocycles. The summed E-state index contributed by atoms with van der Waals surface area (Å²) in [5.74, 6) is -0.676. The van der Waals surface area contributed by atoms with Crippen LogP contribution in [0.2, 0.25) is 0 Å². The van der Waals surface area contributed by atoms with Crippen molar-refractivity contribution in [2.45, 2.75) is 84.2 Å². The van der Waals surface area contributed by atoms with E-state index in [0.29, 0.717) is 25.7 Å². The number of ether oxygens (including phenoxy) is 3. The Hall–Kier alpha value is -1.59. The molecular weight excluding hydrogens is 312 g/mol. The summed E-state index contributed by atoms with van der Waals surface area (Å²) in [4.78, 5) is 33.8. The number of rotatable bonds is 14. The molecule has 0 spiro atoms. The fourth-order valence-electron chi connectivity index (χ4n) is 2.11. The Morgan fingerprint density at radius 1 is 0.792 bits per heavy atom. The van der Waals surface area contributed by atoms with Crippen LogP contribution in [0.4, 0.5) is 0 Å². The molecular formula is C18H32O6. The minimum Gasteiger partial charge on any atom is -0.469 e. The van der Waals surface area contributed by atoms with Crippen molar-refractivity contribution < 1.29 is 28.6 Å². The highest BCUT2D eigenvalue weighted by Gasteiger charge is 2.13. The normalized spacial score (nSPS) is 11.6. The van der Waals surface area contributed by atoms with Crippen LogP contribution < -0.4 is 0 Å². The molecule has 0 fully saturated rings. The van der Waals surface area contributed by atoms with Gasteiger partial charge in [0.1, 0.15) is 12.7 Å². The molecule has 0 aliphatic rings. The molecule has 1 unspecified atom stereocenters. The van der Waals surface area contributed by atoms with E-state index in [0.717, 1.165) is 38.5 Å². The van der Waals surface area contributed by atoms with E-state index < -0.39 is 0 Å². The molecule has 1 atom stereocenters.